The zero-order valence-electron chi connectivity index (χ0n) is 31.6. The van der Waals surface area contributed by atoms with E-state index >= 15 is 0 Å². The van der Waals surface area contributed by atoms with E-state index in [1.165, 1.54) is 18.3 Å². The van der Waals surface area contributed by atoms with Gasteiger partial charge in [-0.3, -0.25) is 44.6 Å². The second kappa shape index (κ2) is 24.3. The molecule has 0 fully saturated rings. The van der Waals surface area contributed by atoms with Gasteiger partial charge in [0.2, 0.25) is 5.52 Å². The van der Waals surface area contributed by atoms with Gasteiger partial charge < -0.3 is 35.0 Å². The molecule has 6 aromatic rings. The zero-order valence-corrected chi connectivity index (χ0v) is 38.5. The third kappa shape index (κ3) is 16.7. The number of non-ortho nitro benzene ring substituents is 1. The van der Waals surface area contributed by atoms with Crippen molar-refractivity contribution in [1.82, 2.24) is 45.4 Å². The van der Waals surface area contributed by atoms with E-state index in [-0.39, 0.29) is 81.2 Å². The van der Waals surface area contributed by atoms with Gasteiger partial charge in [0.1, 0.15) is 0 Å². The molecular weight excluding hydrogens is 892 g/mol. The Bertz CT molecular complexity index is 2180. The number of nitrogens with one attached hydrogen (secondary N) is 2. The van der Waals surface area contributed by atoms with Crippen LogP contribution in [0.1, 0.15) is 33.1 Å². The van der Waals surface area contributed by atoms with Gasteiger partial charge in [0.25, 0.3) is 5.91 Å². The first-order chi connectivity index (χ1) is 27.4. The number of nitrogens with zero attached hydrogens (tertiary/aromatic N) is 9. The van der Waals surface area contributed by atoms with Crippen LogP contribution >= 0.6 is 7.82 Å². The molecule has 0 radical (unpaired) electrons. The van der Waals surface area contributed by atoms with Gasteiger partial charge in [-0.15, -0.1) is 6.10 Å². The molecule has 5 heterocycles. The second-order valence-electron chi connectivity index (χ2n) is 12.5. The average Bonchev–Trinajstić information content (AvgIpc) is 3.68. The summed E-state index contributed by atoms with van der Waals surface area (Å²) in [7, 11) is -5.14. The molecule has 1 amide bonds. The molecule has 0 aliphatic rings. The molecule has 5 aromatic heterocycles. The number of hydrogen-bond acceptors (Lipinski definition) is 17. The molecule has 0 saturated carbocycles. The minimum atomic E-state index is -5.14. The fraction of sp³-hybridized carbons (Fsp3) is 0.250. The van der Waals surface area contributed by atoms with Crippen molar-refractivity contribution >= 4 is 36.1 Å². The monoisotopic (exact) mass is 926 g/mol. The van der Waals surface area contributed by atoms with Crippen molar-refractivity contribution in [3.63, 3.8) is 0 Å². The maximum Gasteiger partial charge on any atom is 0.300 e. The first kappa shape index (κ1) is 48.5. The smallest absolute Gasteiger partial charge is 0.300 e. The van der Waals surface area contributed by atoms with Crippen molar-refractivity contribution in [1.29, 1.82) is 0 Å². The number of carbonyl (C=O) groups is 1. The minimum absolute atomic E-state index is 0. The molecule has 1 aromatic carbocycles. The maximum atomic E-state index is 13.7. The molecule has 0 saturated heterocycles. The van der Waals surface area contributed by atoms with Crippen molar-refractivity contribution in [3.8, 4) is 0 Å². The van der Waals surface area contributed by atoms with Crippen molar-refractivity contribution < 1.29 is 77.7 Å². The molecule has 20 nitrogen and oxygen atoms in total. The number of hydrogen-bond donors (Lipinski definition) is 3. The summed E-state index contributed by atoms with van der Waals surface area (Å²) in [5.41, 5.74) is 4.19. The molecule has 0 aliphatic carbocycles. The molecule has 302 valence electrons. The average molecular weight is 930 g/mol. The Morgan fingerprint density at radius 1 is 0.746 bits per heavy atom. The van der Waals surface area contributed by atoms with E-state index in [0.29, 0.717) is 49.7 Å². The zero-order chi connectivity index (χ0) is 40.6. The van der Waals surface area contributed by atoms with E-state index < -0.39 is 18.8 Å². The van der Waals surface area contributed by atoms with Crippen molar-refractivity contribution in [2.75, 3.05) is 31.5 Å². The fourth-order valence-electron chi connectivity index (χ4n) is 5.67. The summed E-state index contributed by atoms with van der Waals surface area (Å²) < 4.78 is 13.3. The van der Waals surface area contributed by atoms with Gasteiger partial charge in [0.05, 0.1) is 46.8 Å². The molecule has 0 spiro atoms. The van der Waals surface area contributed by atoms with Crippen LogP contribution < -0.4 is 25.5 Å². The molecule has 0 aliphatic heterocycles. The standard InChI is InChI=1S/C36H36N11O5.H3O4P.2Zn/c48-31(24-45(20-27-7-1-4-14-37-27)21-28-8-2-5-15-38-28)25-46(22-29-9-3-6-16-39-29)23-30-11-10-26(19-42-30)36(49)41-18-17-40-32-12-13-33(47(50)51)35-34(32)43-52-44-35;1-5(2,3)4;;/h1-16,19,31,40H,17-18,20-25H2,(H,41,49);(H3,1,2,3,4);;/q-1;;;/p-2. The van der Waals surface area contributed by atoms with E-state index in [0.717, 1.165) is 17.1 Å². The summed E-state index contributed by atoms with van der Waals surface area (Å²) in [5.74, 6) is -0.316. The summed E-state index contributed by atoms with van der Waals surface area (Å²) in [6, 6.07) is 23.5. The number of anilines is 1. The van der Waals surface area contributed by atoms with E-state index in [2.05, 4.69) is 50.4 Å². The van der Waals surface area contributed by atoms with Gasteiger partial charge in [-0.05, 0) is 78.0 Å². The van der Waals surface area contributed by atoms with Gasteiger partial charge in [-0.1, -0.05) is 18.2 Å². The summed E-state index contributed by atoms with van der Waals surface area (Å²) in [6.07, 6.45) is 5.76. The first-order valence-corrected chi connectivity index (χ1v) is 18.8. The number of phosphoric acid groups is 1. The Kier molecular flexibility index (Phi) is 19.9. The number of nitro benzene ring substituents is 1. The number of pyridine rings is 4. The van der Waals surface area contributed by atoms with E-state index in [1.54, 1.807) is 30.7 Å². The Labute approximate surface area is 363 Å². The summed E-state index contributed by atoms with van der Waals surface area (Å²) in [6.45, 7) is 2.93. The van der Waals surface area contributed by atoms with Crippen molar-refractivity contribution in [3.05, 3.63) is 142 Å². The van der Waals surface area contributed by atoms with E-state index in [1.807, 2.05) is 59.5 Å². The quantitative estimate of drug-likeness (QED) is 0.0353. The first-order valence-electron chi connectivity index (χ1n) is 17.3. The molecule has 6 rings (SSSR count). The maximum absolute atomic E-state index is 13.7. The number of rotatable bonds is 18. The van der Waals surface area contributed by atoms with E-state index in [4.69, 9.17) is 19.2 Å². The normalized spacial score (nSPS) is 11.5. The number of carbonyl (C=O) groups excluding carboxylic acids is 1. The van der Waals surface area contributed by atoms with Crippen LogP contribution in [0.25, 0.3) is 11.0 Å². The van der Waals surface area contributed by atoms with Crippen LogP contribution in [0, 0.1) is 10.1 Å². The van der Waals surface area contributed by atoms with Gasteiger partial charge in [0.15, 0.2) is 5.52 Å². The van der Waals surface area contributed by atoms with E-state index in [9.17, 15) is 20.0 Å². The Morgan fingerprint density at radius 2 is 1.24 bits per heavy atom. The summed E-state index contributed by atoms with van der Waals surface area (Å²) >= 11 is 0. The number of nitro groups is 1. The molecule has 3 N–H and O–H groups in total. The van der Waals surface area contributed by atoms with Crippen LogP contribution in [0.4, 0.5) is 11.4 Å². The van der Waals surface area contributed by atoms with Crippen LogP contribution in [0.5, 0.6) is 0 Å². The number of fused-ring (bicyclic) bond motifs is 1. The van der Waals surface area contributed by atoms with Crippen LogP contribution in [0.15, 0.2) is 108 Å². The third-order valence-electron chi connectivity index (χ3n) is 8.05. The third-order valence-corrected chi connectivity index (χ3v) is 8.05. The molecule has 23 heteroatoms. The molecule has 1 unspecified atom stereocenters. The van der Waals surface area contributed by atoms with Crippen LogP contribution in [-0.2, 0) is 69.7 Å². The Hall–Kier alpha value is -4.87. The number of amides is 1. The number of aromatic nitrogens is 6. The topological polar surface area (TPSA) is 288 Å². The minimum Gasteiger partial charge on any atom is -0.850 e. The number of benzene rings is 1. The van der Waals surface area contributed by atoms with Crippen LogP contribution in [0.3, 0.4) is 0 Å². The molecule has 59 heavy (non-hydrogen) atoms. The Morgan fingerprint density at radius 3 is 1.68 bits per heavy atom. The van der Waals surface area contributed by atoms with Crippen LogP contribution in [0.2, 0.25) is 0 Å². The predicted molar refractivity (Wildman–Crippen MR) is 198 cm³/mol. The molecule has 1 atom stereocenters. The van der Waals surface area contributed by atoms with Crippen molar-refractivity contribution in [2.24, 2.45) is 0 Å². The summed E-state index contributed by atoms with van der Waals surface area (Å²) in [4.78, 5) is 69.8. The predicted octanol–water partition coefficient (Wildman–Crippen LogP) is 0.789. The van der Waals surface area contributed by atoms with Crippen LogP contribution in [-0.4, -0.2) is 88.1 Å². The van der Waals surface area contributed by atoms with Gasteiger partial charge in [0, 0.05) is 109 Å². The SMILES string of the molecule is O=C(NCCNc1ccc([N+](=O)[O-])c2nonc12)c1ccc(CN(Cc2ccccn2)CC([O-])CN(Cc2ccccn2)Cc2ccccn2)nc1.O=P([O-])([O-])O.[Zn].[Zn]. The second-order valence-corrected chi connectivity index (χ2v) is 13.4. The molecule has 0 bridgehead atoms. The van der Waals surface area contributed by atoms with Gasteiger partial charge in [-0.25, -0.2) is 4.63 Å². The summed E-state index contributed by atoms with van der Waals surface area (Å²) in [5, 5.41) is 38.2. The Balaban J connectivity index is 0.00000125. The van der Waals surface area contributed by atoms with Gasteiger partial charge >= 0.3 is 5.69 Å². The largest absolute Gasteiger partial charge is 0.850 e. The van der Waals surface area contributed by atoms with Crippen molar-refractivity contribution in [2.45, 2.75) is 32.3 Å². The van der Waals surface area contributed by atoms with Gasteiger partial charge in [-0.2, -0.15) is 0 Å². The molecular formula is C36H37N11O9PZn2-3. The fourth-order valence-corrected chi connectivity index (χ4v) is 5.67.